The first-order valence-electron chi connectivity index (χ1n) is 13.1. The molecule has 0 spiro atoms. The van der Waals surface area contributed by atoms with Gasteiger partial charge in [0.15, 0.2) is 0 Å². The molecule has 0 aliphatic heterocycles. The summed E-state index contributed by atoms with van der Waals surface area (Å²) in [5, 5.41) is 11.8. The number of hydrogen-bond acceptors (Lipinski definition) is 4. The molecule has 1 N–H and O–H groups in total. The summed E-state index contributed by atoms with van der Waals surface area (Å²) in [7, 11) is 0. The van der Waals surface area contributed by atoms with Crippen molar-refractivity contribution in [3.8, 4) is 5.75 Å². The van der Waals surface area contributed by atoms with E-state index in [9.17, 15) is 9.90 Å². The van der Waals surface area contributed by atoms with E-state index in [0.29, 0.717) is 12.4 Å². The van der Waals surface area contributed by atoms with Crippen LogP contribution in [0.25, 0.3) is 0 Å². The van der Waals surface area contributed by atoms with Crippen molar-refractivity contribution in [3.63, 3.8) is 0 Å². The second-order valence-corrected chi connectivity index (χ2v) is 13.8. The van der Waals surface area contributed by atoms with Crippen LogP contribution in [0.15, 0.2) is 12.1 Å². The van der Waals surface area contributed by atoms with E-state index in [-0.39, 0.29) is 23.2 Å². The van der Waals surface area contributed by atoms with Crippen molar-refractivity contribution in [1.29, 1.82) is 0 Å². The van der Waals surface area contributed by atoms with Gasteiger partial charge in [-0.15, -0.1) is 0 Å². The molecule has 4 heteroatoms. The summed E-state index contributed by atoms with van der Waals surface area (Å²) >= 11 is 2.22. The maximum absolute atomic E-state index is 12.5. The number of carbonyl (C=O) groups is 1. The van der Waals surface area contributed by atoms with Gasteiger partial charge in [-0.05, 0) is 77.2 Å². The lowest BCUT2D eigenvalue weighted by atomic mass is 9.78. The summed E-state index contributed by atoms with van der Waals surface area (Å²) in [4.78, 5) is 12.5. The second-order valence-electron chi connectivity index (χ2n) is 12.4. The lowest BCUT2D eigenvalue weighted by Crippen LogP contribution is -2.19. The van der Waals surface area contributed by atoms with E-state index >= 15 is 0 Å². The Kier molecular flexibility index (Phi) is 8.86. The number of phenolic OH excluding ortho intramolecular Hbond substituents is 1. The molecule has 0 aromatic heterocycles. The van der Waals surface area contributed by atoms with E-state index < -0.39 is 0 Å². The molecular weight excluding hydrogens is 428 g/mol. The minimum Gasteiger partial charge on any atom is -0.507 e. The van der Waals surface area contributed by atoms with Gasteiger partial charge >= 0.3 is 5.97 Å². The number of thioether (sulfide) groups is 1. The van der Waals surface area contributed by atoms with Crippen molar-refractivity contribution in [2.75, 3.05) is 12.4 Å². The first-order chi connectivity index (χ1) is 15.4. The van der Waals surface area contributed by atoms with Crippen molar-refractivity contribution in [1.82, 2.24) is 0 Å². The minimum absolute atomic E-state index is 0.174. The number of rotatable bonds is 10. The monoisotopic (exact) mass is 474 g/mol. The molecule has 2 aliphatic rings. The number of ether oxygens (including phenoxy) is 1. The normalized spacial score (nSPS) is 22.7. The Morgan fingerprint density at radius 3 is 2.15 bits per heavy atom. The van der Waals surface area contributed by atoms with Gasteiger partial charge in [-0.3, -0.25) is 4.79 Å². The zero-order valence-electron chi connectivity index (χ0n) is 21.8. The lowest BCUT2D eigenvalue weighted by molar-refractivity contribution is -0.142. The fourth-order valence-electron chi connectivity index (χ4n) is 5.53. The van der Waals surface area contributed by atoms with Crippen molar-refractivity contribution in [2.45, 2.75) is 115 Å². The highest BCUT2D eigenvalue weighted by Crippen LogP contribution is 2.49. The number of phenols is 1. The van der Waals surface area contributed by atoms with Gasteiger partial charge in [-0.2, -0.15) is 11.8 Å². The quantitative estimate of drug-likeness (QED) is 0.281. The molecular formula is C29H46O3S. The highest BCUT2D eigenvalue weighted by Gasteiger charge is 2.39. The van der Waals surface area contributed by atoms with Crippen molar-refractivity contribution in [3.05, 3.63) is 28.8 Å². The third-order valence-electron chi connectivity index (χ3n) is 7.44. The van der Waals surface area contributed by atoms with Gasteiger partial charge < -0.3 is 9.84 Å². The predicted octanol–water partition coefficient (Wildman–Crippen LogP) is 7.56. The van der Waals surface area contributed by atoms with Crippen LogP contribution < -0.4 is 0 Å². The summed E-state index contributed by atoms with van der Waals surface area (Å²) < 4.78 is 5.54. The Balaban J connectivity index is 1.37. The Hall–Kier alpha value is -1.16. The second kappa shape index (κ2) is 11.1. The highest BCUT2D eigenvalue weighted by molar-refractivity contribution is 7.99. The zero-order chi connectivity index (χ0) is 24.2. The summed E-state index contributed by atoms with van der Waals surface area (Å²) in [6, 6.07) is 3.94. The molecule has 3 rings (SSSR count). The van der Waals surface area contributed by atoms with Crippen LogP contribution in [0.4, 0.5) is 0 Å². The average Bonchev–Trinajstić information content (AvgIpc) is 3.32. The van der Waals surface area contributed by atoms with Crippen LogP contribution in [0.2, 0.25) is 0 Å². The molecule has 0 amide bonds. The smallest absolute Gasteiger partial charge is 0.310 e. The number of fused-ring (bicyclic) bond motifs is 2. The maximum Gasteiger partial charge on any atom is 0.310 e. The molecule has 0 heterocycles. The van der Waals surface area contributed by atoms with Crippen LogP contribution in [0, 0.1) is 11.8 Å². The first-order valence-corrected chi connectivity index (χ1v) is 14.1. The number of carbonyl (C=O) groups excluding carboxylic acids is 1. The van der Waals surface area contributed by atoms with Crippen LogP contribution in [0.5, 0.6) is 5.75 Å². The van der Waals surface area contributed by atoms with Crippen LogP contribution in [0.1, 0.15) is 110 Å². The van der Waals surface area contributed by atoms with E-state index in [1.54, 1.807) is 0 Å². The zero-order valence-corrected chi connectivity index (χ0v) is 22.7. The number of esters is 1. The molecule has 186 valence electrons. The topological polar surface area (TPSA) is 46.5 Å². The molecule has 0 saturated heterocycles. The van der Waals surface area contributed by atoms with Crippen LogP contribution >= 0.6 is 11.8 Å². The number of unbranched alkanes of at least 4 members (excludes halogenated alkanes) is 3. The summed E-state index contributed by atoms with van der Waals surface area (Å²) in [6.07, 6.45) is 10.8. The number of benzene rings is 1. The molecule has 2 aliphatic carbocycles. The summed E-state index contributed by atoms with van der Waals surface area (Å²) in [5.74, 6) is 3.54. The molecule has 33 heavy (non-hydrogen) atoms. The van der Waals surface area contributed by atoms with Gasteiger partial charge in [-0.1, -0.05) is 72.9 Å². The van der Waals surface area contributed by atoms with Crippen molar-refractivity contribution < 1.29 is 14.6 Å². The maximum atomic E-state index is 12.5. The molecule has 1 aromatic rings. The number of aromatic hydroxyl groups is 1. The number of hydrogen-bond donors (Lipinski definition) is 1. The molecule has 2 saturated carbocycles. The first kappa shape index (κ1) is 26.4. The third-order valence-corrected chi connectivity index (χ3v) is 8.97. The van der Waals surface area contributed by atoms with Crippen molar-refractivity contribution in [2.24, 2.45) is 11.8 Å². The lowest BCUT2D eigenvalue weighted by Gasteiger charge is -2.28. The average molecular weight is 475 g/mol. The Bertz CT molecular complexity index is 767. The molecule has 3 nitrogen and oxygen atoms in total. The summed E-state index contributed by atoms with van der Waals surface area (Å²) in [5.41, 5.74) is 2.31. The van der Waals surface area contributed by atoms with Crippen LogP contribution in [0.3, 0.4) is 0 Å². The van der Waals surface area contributed by atoms with E-state index in [1.165, 1.54) is 44.3 Å². The van der Waals surface area contributed by atoms with Gasteiger partial charge in [0.1, 0.15) is 5.75 Å². The molecule has 1 aromatic carbocycles. The molecule has 0 radical (unpaired) electrons. The third kappa shape index (κ3) is 7.41. The van der Waals surface area contributed by atoms with E-state index in [1.807, 2.05) is 12.1 Å². The van der Waals surface area contributed by atoms with Crippen LogP contribution in [-0.2, 0) is 26.8 Å². The van der Waals surface area contributed by atoms with Gasteiger partial charge in [0.05, 0.1) is 13.0 Å². The Morgan fingerprint density at radius 2 is 1.61 bits per heavy atom. The van der Waals surface area contributed by atoms with E-state index in [4.69, 9.17) is 4.74 Å². The molecule has 3 unspecified atom stereocenters. The van der Waals surface area contributed by atoms with Gasteiger partial charge in [0.25, 0.3) is 0 Å². The molecule has 2 bridgehead atoms. The van der Waals surface area contributed by atoms with Crippen molar-refractivity contribution >= 4 is 17.7 Å². The Morgan fingerprint density at radius 1 is 0.970 bits per heavy atom. The largest absolute Gasteiger partial charge is 0.507 e. The SMILES string of the molecule is CC(C)(C)c1cc(CC(=O)OCCCCCCSC2CC3CCC2C3)cc(C(C)(C)C)c1O. The standard InChI is InChI=1S/C29H46O3S/c1-28(2,3)23-16-21(17-24(27(23)31)29(4,5)6)19-26(30)32-13-9-7-8-10-14-33-25-18-20-11-12-22(25)15-20/h16-17,20,22,25,31H,7-15,18-19H2,1-6H3. The fraction of sp³-hybridized carbons (Fsp3) is 0.759. The highest BCUT2D eigenvalue weighted by atomic mass is 32.2. The minimum atomic E-state index is -0.195. The van der Waals surface area contributed by atoms with Crippen LogP contribution in [-0.4, -0.2) is 28.7 Å². The van der Waals surface area contributed by atoms with E-state index in [0.717, 1.165) is 46.6 Å². The molecule has 2 fully saturated rings. The van der Waals surface area contributed by atoms with E-state index in [2.05, 4.69) is 53.3 Å². The molecule has 3 atom stereocenters. The predicted molar refractivity (Wildman–Crippen MR) is 140 cm³/mol. The fourth-order valence-corrected chi connectivity index (χ4v) is 7.13. The van der Waals surface area contributed by atoms with Gasteiger partial charge in [0, 0.05) is 5.25 Å². The Labute approximate surface area is 206 Å². The van der Waals surface area contributed by atoms with Gasteiger partial charge in [0.2, 0.25) is 0 Å². The summed E-state index contributed by atoms with van der Waals surface area (Å²) in [6.45, 7) is 13.0. The van der Waals surface area contributed by atoms with Gasteiger partial charge in [-0.25, -0.2) is 0 Å².